The maximum Gasteiger partial charge on any atom is 0.326 e. The Balaban J connectivity index is 2.51. The van der Waals surface area contributed by atoms with Crippen LogP contribution in [0.1, 0.15) is 33.1 Å². The van der Waals surface area contributed by atoms with Crippen LogP contribution in [-0.4, -0.2) is 46.9 Å². The van der Waals surface area contributed by atoms with Crippen LogP contribution in [0.5, 0.6) is 0 Å². The van der Waals surface area contributed by atoms with Gasteiger partial charge in [-0.3, -0.25) is 9.59 Å². The van der Waals surface area contributed by atoms with E-state index in [0.29, 0.717) is 19.4 Å². The number of amides is 2. The van der Waals surface area contributed by atoms with Crippen molar-refractivity contribution in [2.45, 2.75) is 39.2 Å². The fraction of sp³-hybridized carbons (Fsp3) is 0.750. The first-order valence-electron chi connectivity index (χ1n) is 6.25. The molecule has 0 aliphatic carbocycles. The van der Waals surface area contributed by atoms with Gasteiger partial charge in [-0.2, -0.15) is 0 Å². The van der Waals surface area contributed by atoms with Gasteiger partial charge in [0.2, 0.25) is 11.8 Å². The van der Waals surface area contributed by atoms with E-state index in [4.69, 9.17) is 5.11 Å². The van der Waals surface area contributed by atoms with Crippen LogP contribution in [0.2, 0.25) is 0 Å². The van der Waals surface area contributed by atoms with Crippen molar-refractivity contribution >= 4 is 17.8 Å². The molecule has 1 rings (SSSR count). The Bertz CT molecular complexity index is 343. The number of carboxylic acids is 1. The van der Waals surface area contributed by atoms with Crippen molar-refractivity contribution in [2.75, 3.05) is 13.1 Å². The molecule has 6 heteroatoms. The molecule has 2 unspecified atom stereocenters. The van der Waals surface area contributed by atoms with E-state index < -0.39 is 17.9 Å². The minimum absolute atomic E-state index is 0.0411. The number of carbonyl (C=O) groups is 3. The van der Waals surface area contributed by atoms with Crippen molar-refractivity contribution < 1.29 is 19.5 Å². The number of hydrogen-bond donors (Lipinski definition) is 2. The van der Waals surface area contributed by atoms with Gasteiger partial charge in [-0.1, -0.05) is 20.3 Å². The molecule has 0 aromatic carbocycles. The number of nitrogens with zero attached hydrogens (tertiary/aromatic N) is 1. The topological polar surface area (TPSA) is 86.7 Å². The summed E-state index contributed by atoms with van der Waals surface area (Å²) in [5, 5.41) is 11.5. The van der Waals surface area contributed by atoms with E-state index in [9.17, 15) is 14.4 Å². The highest BCUT2D eigenvalue weighted by Gasteiger charge is 2.28. The normalized spacial score (nSPS) is 18.6. The molecular weight excluding hydrogens is 236 g/mol. The highest BCUT2D eigenvalue weighted by Crippen LogP contribution is 2.10. The van der Waals surface area contributed by atoms with E-state index in [-0.39, 0.29) is 18.4 Å². The fourth-order valence-electron chi connectivity index (χ4n) is 1.95. The summed E-state index contributed by atoms with van der Waals surface area (Å²) in [6.07, 6.45) is 1.90. The number of carboxylic acid groups (broad SMARTS) is 1. The van der Waals surface area contributed by atoms with Crippen LogP contribution in [0.25, 0.3) is 0 Å². The van der Waals surface area contributed by atoms with E-state index in [2.05, 4.69) is 5.32 Å². The zero-order valence-corrected chi connectivity index (χ0v) is 10.8. The lowest BCUT2D eigenvalue weighted by Gasteiger charge is -2.22. The molecule has 0 aromatic heterocycles. The van der Waals surface area contributed by atoms with Gasteiger partial charge in [-0.05, 0) is 12.3 Å². The van der Waals surface area contributed by atoms with Gasteiger partial charge in [0.25, 0.3) is 0 Å². The third-order valence-corrected chi connectivity index (χ3v) is 3.30. The zero-order valence-electron chi connectivity index (χ0n) is 10.8. The molecule has 1 heterocycles. The fourth-order valence-corrected chi connectivity index (χ4v) is 1.95. The Kier molecular flexibility index (Phi) is 5.12. The number of hydrogen-bond acceptors (Lipinski definition) is 3. The van der Waals surface area contributed by atoms with E-state index in [1.165, 1.54) is 4.90 Å². The summed E-state index contributed by atoms with van der Waals surface area (Å²) in [5.74, 6) is -1.62. The van der Waals surface area contributed by atoms with Gasteiger partial charge in [-0.25, -0.2) is 4.79 Å². The molecule has 0 bridgehead atoms. The summed E-state index contributed by atoms with van der Waals surface area (Å²) in [7, 11) is 0. The second-order valence-corrected chi connectivity index (χ2v) is 4.69. The van der Waals surface area contributed by atoms with Crippen molar-refractivity contribution in [3.63, 3.8) is 0 Å². The molecule has 0 saturated carbocycles. The summed E-state index contributed by atoms with van der Waals surface area (Å²) in [5.41, 5.74) is 0. The Hall–Kier alpha value is -1.59. The van der Waals surface area contributed by atoms with E-state index >= 15 is 0 Å². The van der Waals surface area contributed by atoms with Crippen molar-refractivity contribution in [2.24, 2.45) is 5.92 Å². The average molecular weight is 256 g/mol. The lowest BCUT2D eigenvalue weighted by atomic mass is 9.99. The molecule has 102 valence electrons. The largest absolute Gasteiger partial charge is 0.480 e. The van der Waals surface area contributed by atoms with Crippen LogP contribution in [0.3, 0.4) is 0 Å². The van der Waals surface area contributed by atoms with Gasteiger partial charge < -0.3 is 15.3 Å². The Morgan fingerprint density at radius 1 is 1.50 bits per heavy atom. The van der Waals surface area contributed by atoms with Gasteiger partial charge in [0, 0.05) is 13.0 Å². The van der Waals surface area contributed by atoms with Crippen molar-refractivity contribution in [1.29, 1.82) is 0 Å². The Morgan fingerprint density at radius 3 is 2.61 bits per heavy atom. The molecule has 6 nitrogen and oxygen atoms in total. The Labute approximate surface area is 106 Å². The molecule has 1 saturated heterocycles. The quantitative estimate of drug-likeness (QED) is 0.712. The predicted octanol–water partition coefficient (Wildman–Crippen LogP) is 0.224. The third-order valence-electron chi connectivity index (χ3n) is 3.30. The summed E-state index contributed by atoms with van der Waals surface area (Å²) in [6.45, 7) is 4.18. The summed E-state index contributed by atoms with van der Waals surface area (Å²) in [6, 6.07) is -0.889. The maximum absolute atomic E-state index is 11.7. The van der Waals surface area contributed by atoms with Crippen LogP contribution in [0.15, 0.2) is 0 Å². The summed E-state index contributed by atoms with van der Waals surface area (Å²) >= 11 is 0. The molecule has 18 heavy (non-hydrogen) atoms. The number of rotatable bonds is 6. The van der Waals surface area contributed by atoms with E-state index in [0.717, 1.165) is 6.42 Å². The first-order chi connectivity index (χ1) is 8.45. The highest BCUT2D eigenvalue weighted by atomic mass is 16.4. The first-order valence-corrected chi connectivity index (χ1v) is 6.25. The Morgan fingerprint density at radius 2 is 2.17 bits per heavy atom. The SMILES string of the molecule is CCC(C)C(NC(=O)CN1CCCC1=O)C(=O)O. The van der Waals surface area contributed by atoms with Crippen molar-refractivity contribution in [3.05, 3.63) is 0 Å². The molecule has 1 aliphatic rings. The minimum atomic E-state index is -1.04. The molecule has 0 radical (unpaired) electrons. The van der Waals surface area contributed by atoms with Gasteiger partial charge in [0.05, 0.1) is 6.54 Å². The highest BCUT2D eigenvalue weighted by molar-refractivity contribution is 5.88. The summed E-state index contributed by atoms with van der Waals surface area (Å²) in [4.78, 5) is 35.6. The molecule has 1 aliphatic heterocycles. The molecular formula is C12H20N2O4. The first kappa shape index (κ1) is 14.5. The van der Waals surface area contributed by atoms with Crippen molar-refractivity contribution in [1.82, 2.24) is 10.2 Å². The van der Waals surface area contributed by atoms with Gasteiger partial charge in [0.1, 0.15) is 6.04 Å². The predicted molar refractivity (Wildman–Crippen MR) is 64.8 cm³/mol. The zero-order chi connectivity index (χ0) is 13.7. The van der Waals surface area contributed by atoms with Crippen LogP contribution in [-0.2, 0) is 14.4 Å². The van der Waals surface area contributed by atoms with E-state index in [1.54, 1.807) is 6.92 Å². The molecule has 0 aromatic rings. The molecule has 1 fully saturated rings. The van der Waals surface area contributed by atoms with Crippen LogP contribution in [0, 0.1) is 5.92 Å². The number of likely N-dealkylation sites (tertiary alicyclic amines) is 1. The second kappa shape index (κ2) is 6.37. The lowest BCUT2D eigenvalue weighted by Crippen LogP contribution is -2.48. The van der Waals surface area contributed by atoms with Crippen LogP contribution < -0.4 is 5.32 Å². The molecule has 0 spiro atoms. The third kappa shape index (κ3) is 3.72. The van der Waals surface area contributed by atoms with Crippen LogP contribution >= 0.6 is 0 Å². The standard InChI is InChI=1S/C12H20N2O4/c1-3-8(2)11(12(17)18)13-9(15)7-14-6-4-5-10(14)16/h8,11H,3-7H2,1-2H3,(H,13,15)(H,17,18). The van der Waals surface area contributed by atoms with Gasteiger partial charge in [0.15, 0.2) is 0 Å². The lowest BCUT2D eigenvalue weighted by molar-refractivity contribution is -0.143. The average Bonchev–Trinajstić information content (AvgIpc) is 2.70. The smallest absolute Gasteiger partial charge is 0.326 e. The summed E-state index contributed by atoms with van der Waals surface area (Å²) < 4.78 is 0. The number of nitrogens with one attached hydrogen (secondary N) is 1. The number of aliphatic carboxylic acids is 1. The number of carbonyl (C=O) groups excluding carboxylic acids is 2. The molecule has 2 atom stereocenters. The van der Waals surface area contributed by atoms with Crippen LogP contribution in [0.4, 0.5) is 0 Å². The monoisotopic (exact) mass is 256 g/mol. The van der Waals surface area contributed by atoms with Crippen molar-refractivity contribution in [3.8, 4) is 0 Å². The second-order valence-electron chi connectivity index (χ2n) is 4.69. The van der Waals surface area contributed by atoms with Gasteiger partial charge in [-0.15, -0.1) is 0 Å². The minimum Gasteiger partial charge on any atom is -0.480 e. The molecule has 2 N–H and O–H groups in total. The maximum atomic E-state index is 11.7. The van der Waals surface area contributed by atoms with Gasteiger partial charge >= 0.3 is 5.97 Å². The molecule has 2 amide bonds. The van der Waals surface area contributed by atoms with E-state index in [1.807, 2.05) is 6.92 Å².